The van der Waals surface area contributed by atoms with Crippen molar-refractivity contribution < 1.29 is 0 Å². The van der Waals surface area contributed by atoms with Gasteiger partial charge in [-0.15, -0.1) is 0 Å². The molecule has 6 heteroatoms. The highest BCUT2D eigenvalue weighted by atomic mass is 15.0. The van der Waals surface area contributed by atoms with Gasteiger partial charge in [0.2, 0.25) is 5.95 Å². The SMILES string of the molecule is CN[C@H](C)CC(=N)c1cc(N)nc(N)n1. The van der Waals surface area contributed by atoms with E-state index < -0.39 is 0 Å². The second-order valence-electron chi connectivity index (χ2n) is 3.41. The van der Waals surface area contributed by atoms with Crippen LogP contribution in [0, 0.1) is 5.41 Å². The van der Waals surface area contributed by atoms with Crippen molar-refractivity contribution in [3.05, 3.63) is 11.8 Å². The van der Waals surface area contributed by atoms with E-state index in [-0.39, 0.29) is 12.0 Å². The Kier molecular flexibility index (Phi) is 3.56. The Labute approximate surface area is 88.6 Å². The number of hydrogen-bond acceptors (Lipinski definition) is 6. The molecule has 0 fully saturated rings. The van der Waals surface area contributed by atoms with E-state index in [1.807, 2.05) is 14.0 Å². The van der Waals surface area contributed by atoms with E-state index in [1.165, 1.54) is 0 Å². The minimum Gasteiger partial charge on any atom is -0.384 e. The van der Waals surface area contributed by atoms with E-state index >= 15 is 0 Å². The van der Waals surface area contributed by atoms with E-state index in [0.29, 0.717) is 23.6 Å². The third-order valence-corrected chi connectivity index (χ3v) is 2.08. The first-order chi connectivity index (χ1) is 7.02. The van der Waals surface area contributed by atoms with Gasteiger partial charge in [0.15, 0.2) is 0 Å². The zero-order chi connectivity index (χ0) is 11.4. The summed E-state index contributed by atoms with van der Waals surface area (Å²) >= 11 is 0. The molecule has 1 aromatic heterocycles. The van der Waals surface area contributed by atoms with Crippen LogP contribution in [0.15, 0.2) is 6.07 Å². The third-order valence-electron chi connectivity index (χ3n) is 2.08. The fourth-order valence-electron chi connectivity index (χ4n) is 1.15. The van der Waals surface area contributed by atoms with Crippen LogP contribution in [0.4, 0.5) is 11.8 Å². The first-order valence-corrected chi connectivity index (χ1v) is 4.68. The van der Waals surface area contributed by atoms with Crippen molar-refractivity contribution in [2.75, 3.05) is 18.5 Å². The molecular weight excluding hydrogens is 192 g/mol. The normalized spacial score (nSPS) is 12.4. The number of nitrogens with zero attached hydrogens (tertiary/aromatic N) is 2. The summed E-state index contributed by atoms with van der Waals surface area (Å²) in [7, 11) is 1.85. The Balaban J connectivity index is 2.82. The Hall–Kier alpha value is -1.69. The van der Waals surface area contributed by atoms with Crippen molar-refractivity contribution in [3.63, 3.8) is 0 Å². The van der Waals surface area contributed by atoms with Crippen LogP contribution in [0.25, 0.3) is 0 Å². The maximum atomic E-state index is 7.82. The van der Waals surface area contributed by atoms with Crippen LogP contribution in [0.1, 0.15) is 19.0 Å². The van der Waals surface area contributed by atoms with Crippen molar-refractivity contribution in [3.8, 4) is 0 Å². The van der Waals surface area contributed by atoms with Crippen molar-refractivity contribution >= 4 is 17.5 Å². The molecule has 0 radical (unpaired) electrons. The van der Waals surface area contributed by atoms with Gasteiger partial charge in [-0.25, -0.2) is 4.98 Å². The smallest absolute Gasteiger partial charge is 0.222 e. The fourth-order valence-corrected chi connectivity index (χ4v) is 1.15. The molecule has 0 aliphatic heterocycles. The average Bonchev–Trinajstić information content (AvgIpc) is 2.16. The summed E-state index contributed by atoms with van der Waals surface area (Å²) in [5, 5.41) is 10.9. The Morgan fingerprint density at radius 3 is 2.73 bits per heavy atom. The number of anilines is 2. The number of aromatic nitrogens is 2. The van der Waals surface area contributed by atoms with Gasteiger partial charge in [0.25, 0.3) is 0 Å². The molecule has 0 saturated carbocycles. The van der Waals surface area contributed by atoms with Gasteiger partial charge in [-0.3, -0.25) is 0 Å². The van der Waals surface area contributed by atoms with Gasteiger partial charge >= 0.3 is 0 Å². The van der Waals surface area contributed by atoms with Gasteiger partial charge in [0.1, 0.15) is 5.82 Å². The molecule has 1 aromatic rings. The second-order valence-corrected chi connectivity index (χ2v) is 3.41. The number of nitrogens with two attached hydrogens (primary N) is 2. The quantitative estimate of drug-likeness (QED) is 0.520. The number of rotatable bonds is 4. The lowest BCUT2D eigenvalue weighted by Gasteiger charge is -2.10. The molecule has 1 atom stereocenters. The molecule has 1 rings (SSSR count). The first-order valence-electron chi connectivity index (χ1n) is 4.68. The van der Waals surface area contributed by atoms with E-state index in [1.54, 1.807) is 6.07 Å². The molecule has 0 aliphatic rings. The molecule has 0 amide bonds. The fraction of sp³-hybridized carbons (Fsp3) is 0.444. The molecule has 0 saturated heterocycles. The second kappa shape index (κ2) is 4.70. The molecular formula is C9H16N6. The maximum absolute atomic E-state index is 7.82. The predicted octanol–water partition coefficient (Wildman–Crippen LogP) is 0.00687. The summed E-state index contributed by atoms with van der Waals surface area (Å²) in [5.74, 6) is 0.395. The summed E-state index contributed by atoms with van der Waals surface area (Å²) in [5.41, 5.74) is 11.9. The van der Waals surface area contributed by atoms with Crippen LogP contribution in [-0.4, -0.2) is 28.8 Å². The van der Waals surface area contributed by atoms with Crippen molar-refractivity contribution in [1.82, 2.24) is 15.3 Å². The molecule has 0 spiro atoms. The van der Waals surface area contributed by atoms with E-state index in [9.17, 15) is 0 Å². The lowest BCUT2D eigenvalue weighted by atomic mass is 10.1. The predicted molar refractivity (Wildman–Crippen MR) is 60.8 cm³/mol. The molecule has 6 N–H and O–H groups in total. The lowest BCUT2D eigenvalue weighted by Crippen LogP contribution is -2.25. The summed E-state index contributed by atoms with van der Waals surface area (Å²) in [6, 6.07) is 1.77. The topological polar surface area (TPSA) is 114 Å². The standard InChI is InChI=1S/C9H16N6/c1-5(13-2)3-6(10)7-4-8(11)15-9(12)14-7/h4-5,10,13H,3H2,1-2H3,(H4,11,12,14,15)/t5-/m1/s1. The minimum atomic E-state index is 0.104. The highest BCUT2D eigenvalue weighted by molar-refractivity contribution is 5.97. The highest BCUT2D eigenvalue weighted by Gasteiger charge is 2.09. The molecule has 0 bridgehead atoms. The van der Waals surface area contributed by atoms with Gasteiger partial charge in [0.05, 0.1) is 11.4 Å². The lowest BCUT2D eigenvalue weighted by molar-refractivity contribution is 0.632. The monoisotopic (exact) mass is 208 g/mol. The van der Waals surface area contributed by atoms with Crippen LogP contribution in [0.3, 0.4) is 0 Å². The third kappa shape index (κ3) is 3.17. The molecule has 82 valence electrons. The van der Waals surface area contributed by atoms with Crippen LogP contribution >= 0.6 is 0 Å². The molecule has 0 unspecified atom stereocenters. The van der Waals surface area contributed by atoms with Crippen molar-refractivity contribution in [2.45, 2.75) is 19.4 Å². The van der Waals surface area contributed by atoms with Crippen LogP contribution < -0.4 is 16.8 Å². The highest BCUT2D eigenvalue weighted by Crippen LogP contribution is 2.07. The summed E-state index contributed by atoms with van der Waals surface area (Å²) in [4.78, 5) is 7.70. The molecule has 15 heavy (non-hydrogen) atoms. The Morgan fingerprint density at radius 2 is 2.20 bits per heavy atom. The van der Waals surface area contributed by atoms with Gasteiger partial charge < -0.3 is 22.2 Å². The number of hydrogen-bond donors (Lipinski definition) is 4. The molecule has 1 heterocycles. The van der Waals surface area contributed by atoms with Crippen LogP contribution in [0.5, 0.6) is 0 Å². The van der Waals surface area contributed by atoms with Crippen LogP contribution in [0.2, 0.25) is 0 Å². The minimum absolute atomic E-state index is 0.104. The zero-order valence-electron chi connectivity index (χ0n) is 8.91. The maximum Gasteiger partial charge on any atom is 0.222 e. The van der Waals surface area contributed by atoms with Gasteiger partial charge in [-0.05, 0) is 14.0 Å². The van der Waals surface area contributed by atoms with E-state index in [0.717, 1.165) is 0 Å². The summed E-state index contributed by atoms with van der Waals surface area (Å²) < 4.78 is 0. The Bertz CT molecular complexity index is 341. The Morgan fingerprint density at radius 1 is 1.53 bits per heavy atom. The molecule has 6 nitrogen and oxygen atoms in total. The van der Waals surface area contributed by atoms with Crippen molar-refractivity contribution in [1.29, 1.82) is 5.41 Å². The largest absolute Gasteiger partial charge is 0.384 e. The molecule has 0 aromatic carbocycles. The number of nitrogen functional groups attached to an aromatic ring is 2. The zero-order valence-corrected chi connectivity index (χ0v) is 8.91. The average molecular weight is 208 g/mol. The van der Waals surface area contributed by atoms with Gasteiger partial charge in [0, 0.05) is 18.5 Å². The van der Waals surface area contributed by atoms with Crippen molar-refractivity contribution in [2.24, 2.45) is 0 Å². The van der Waals surface area contributed by atoms with E-state index in [2.05, 4.69) is 15.3 Å². The van der Waals surface area contributed by atoms with Crippen LogP contribution in [-0.2, 0) is 0 Å². The van der Waals surface area contributed by atoms with E-state index in [4.69, 9.17) is 16.9 Å². The van der Waals surface area contributed by atoms with Gasteiger partial charge in [-0.1, -0.05) is 0 Å². The summed E-state index contributed by atoms with van der Waals surface area (Å²) in [6.07, 6.45) is 0.576. The number of nitrogens with one attached hydrogen (secondary N) is 2. The first kappa shape index (κ1) is 11.4. The van der Waals surface area contributed by atoms with Gasteiger partial charge in [-0.2, -0.15) is 4.98 Å². The molecule has 0 aliphatic carbocycles. The summed E-state index contributed by atoms with van der Waals surface area (Å²) in [6.45, 7) is 1.99.